The second kappa shape index (κ2) is 5.84. The van der Waals surface area contributed by atoms with E-state index >= 15 is 0 Å². The first kappa shape index (κ1) is 14.5. The van der Waals surface area contributed by atoms with Crippen LogP contribution in [0.3, 0.4) is 0 Å². The van der Waals surface area contributed by atoms with Gasteiger partial charge in [-0.3, -0.25) is 4.79 Å². The van der Waals surface area contributed by atoms with Crippen LogP contribution in [-0.2, 0) is 11.3 Å². The molecule has 2 rings (SSSR count). The monoisotopic (exact) mass is 270 g/mol. The number of hydrogen-bond donors (Lipinski definition) is 1. The van der Waals surface area contributed by atoms with E-state index in [4.69, 9.17) is 5.73 Å². The van der Waals surface area contributed by atoms with Gasteiger partial charge in [-0.2, -0.15) is 0 Å². The Labute approximate surface area is 111 Å². The van der Waals surface area contributed by atoms with Crippen molar-refractivity contribution in [3.05, 3.63) is 34.9 Å². The average molecular weight is 271 g/mol. The van der Waals surface area contributed by atoms with Crippen LogP contribution >= 0.6 is 12.4 Å². The van der Waals surface area contributed by atoms with E-state index in [0.717, 1.165) is 5.56 Å². The van der Waals surface area contributed by atoms with Crippen molar-refractivity contribution in [1.82, 2.24) is 4.90 Å². The number of carbonyl (C=O) groups excluding carboxylic acids is 2. The fourth-order valence-electron chi connectivity index (χ4n) is 1.94. The Morgan fingerprint density at radius 2 is 2.22 bits per heavy atom. The molecule has 0 aliphatic carbocycles. The van der Waals surface area contributed by atoms with Gasteiger partial charge in [0, 0.05) is 25.2 Å². The second-order valence-electron chi connectivity index (χ2n) is 3.88. The van der Waals surface area contributed by atoms with Gasteiger partial charge in [0.25, 0.3) is 5.91 Å². The Balaban J connectivity index is 0.00000162. The molecule has 0 unspecified atom stereocenters. The Hall–Kier alpha value is -1.59. The number of halogens is 1. The summed E-state index contributed by atoms with van der Waals surface area (Å²) in [6.45, 7) is 1.53. The van der Waals surface area contributed by atoms with E-state index < -0.39 is 5.97 Å². The van der Waals surface area contributed by atoms with Crippen LogP contribution in [0.4, 0.5) is 0 Å². The zero-order valence-electron chi connectivity index (χ0n) is 10.0. The Bertz CT molecular complexity index is 476. The van der Waals surface area contributed by atoms with E-state index in [9.17, 15) is 9.59 Å². The van der Waals surface area contributed by atoms with Gasteiger partial charge in [0.1, 0.15) is 0 Å². The van der Waals surface area contributed by atoms with Crippen LogP contribution in [0.2, 0.25) is 0 Å². The predicted octanol–water partition coefficient (Wildman–Crippen LogP) is 0.809. The molecule has 0 bridgehead atoms. The number of rotatable bonds is 3. The maximum Gasteiger partial charge on any atom is 0.337 e. The number of fused-ring (bicyclic) bond motifs is 1. The lowest BCUT2D eigenvalue weighted by molar-refractivity contribution is 0.0600. The summed E-state index contributed by atoms with van der Waals surface area (Å²) in [6, 6.07) is 5.04. The third-order valence-corrected chi connectivity index (χ3v) is 2.81. The number of amides is 1. The van der Waals surface area contributed by atoms with Crippen molar-refractivity contribution < 1.29 is 14.3 Å². The molecule has 0 aromatic heterocycles. The third kappa shape index (κ3) is 2.47. The lowest BCUT2D eigenvalue weighted by Crippen LogP contribution is -2.29. The summed E-state index contributed by atoms with van der Waals surface area (Å²) in [5.74, 6) is -0.505. The molecule has 0 atom stereocenters. The number of methoxy groups -OCH3 is 1. The molecule has 1 aromatic carbocycles. The SMILES string of the molecule is COC(=O)c1ccc2c(c1)C(=O)N(CCN)C2.Cl. The van der Waals surface area contributed by atoms with Gasteiger partial charge in [0.2, 0.25) is 0 Å². The summed E-state index contributed by atoms with van der Waals surface area (Å²) in [5.41, 5.74) is 7.33. The third-order valence-electron chi connectivity index (χ3n) is 2.81. The maximum absolute atomic E-state index is 12.0. The van der Waals surface area contributed by atoms with Gasteiger partial charge in [0.05, 0.1) is 12.7 Å². The van der Waals surface area contributed by atoms with E-state index in [2.05, 4.69) is 4.74 Å². The molecule has 1 heterocycles. The molecule has 1 aliphatic heterocycles. The Kier molecular flexibility index (Phi) is 4.69. The topological polar surface area (TPSA) is 72.6 Å². The number of benzene rings is 1. The minimum absolute atomic E-state index is 0. The van der Waals surface area contributed by atoms with Gasteiger partial charge >= 0.3 is 5.97 Å². The van der Waals surface area contributed by atoms with Gasteiger partial charge in [0.15, 0.2) is 0 Å². The molecule has 18 heavy (non-hydrogen) atoms. The lowest BCUT2D eigenvalue weighted by Gasteiger charge is -2.13. The Morgan fingerprint density at radius 1 is 1.50 bits per heavy atom. The normalized spacial score (nSPS) is 13.0. The fraction of sp³-hybridized carbons (Fsp3) is 0.333. The quantitative estimate of drug-likeness (QED) is 0.825. The molecule has 0 saturated heterocycles. The van der Waals surface area contributed by atoms with Gasteiger partial charge < -0.3 is 15.4 Å². The molecule has 1 amide bonds. The number of esters is 1. The summed E-state index contributed by atoms with van der Waals surface area (Å²) in [6.07, 6.45) is 0. The fourth-order valence-corrected chi connectivity index (χ4v) is 1.94. The average Bonchev–Trinajstić information content (AvgIpc) is 2.66. The summed E-state index contributed by atoms with van der Waals surface area (Å²) < 4.78 is 4.62. The van der Waals surface area contributed by atoms with Gasteiger partial charge in [-0.1, -0.05) is 6.07 Å². The molecule has 0 fully saturated rings. The smallest absolute Gasteiger partial charge is 0.337 e. The second-order valence-corrected chi connectivity index (χ2v) is 3.88. The van der Waals surface area contributed by atoms with E-state index in [1.165, 1.54) is 7.11 Å². The molecule has 6 heteroatoms. The van der Waals surface area contributed by atoms with Crippen LogP contribution in [0.1, 0.15) is 26.3 Å². The highest BCUT2D eigenvalue weighted by Gasteiger charge is 2.27. The number of nitrogens with two attached hydrogens (primary N) is 1. The molecule has 0 radical (unpaired) electrons. The standard InChI is InChI=1S/C12H14N2O3.ClH/c1-17-12(16)8-2-3-9-7-14(5-4-13)11(15)10(9)6-8;/h2-3,6H,4-5,7,13H2,1H3;1H. The first-order valence-corrected chi connectivity index (χ1v) is 5.38. The van der Waals surface area contributed by atoms with Crippen LogP contribution < -0.4 is 5.73 Å². The van der Waals surface area contributed by atoms with Crippen molar-refractivity contribution in [2.75, 3.05) is 20.2 Å². The molecule has 0 saturated carbocycles. The molecular formula is C12H15ClN2O3. The van der Waals surface area contributed by atoms with Crippen LogP contribution in [-0.4, -0.2) is 37.0 Å². The number of ether oxygens (including phenoxy) is 1. The van der Waals surface area contributed by atoms with Crippen LogP contribution in [0, 0.1) is 0 Å². The molecule has 5 nitrogen and oxygen atoms in total. The van der Waals surface area contributed by atoms with Gasteiger partial charge in [-0.05, 0) is 17.7 Å². The number of hydrogen-bond acceptors (Lipinski definition) is 4. The van der Waals surface area contributed by atoms with E-state index in [1.807, 2.05) is 0 Å². The van der Waals surface area contributed by atoms with E-state index in [0.29, 0.717) is 30.8 Å². The van der Waals surface area contributed by atoms with Crippen LogP contribution in [0.25, 0.3) is 0 Å². The highest BCUT2D eigenvalue weighted by Crippen LogP contribution is 2.23. The van der Waals surface area contributed by atoms with Crippen molar-refractivity contribution in [2.45, 2.75) is 6.54 Å². The maximum atomic E-state index is 12.0. The van der Waals surface area contributed by atoms with E-state index in [-0.39, 0.29) is 18.3 Å². The molecule has 98 valence electrons. The van der Waals surface area contributed by atoms with Gasteiger partial charge in [-0.15, -0.1) is 12.4 Å². The number of carbonyl (C=O) groups is 2. The first-order chi connectivity index (χ1) is 8.17. The number of nitrogens with zero attached hydrogens (tertiary/aromatic N) is 1. The highest BCUT2D eigenvalue weighted by molar-refractivity contribution is 6.01. The van der Waals surface area contributed by atoms with Crippen molar-refractivity contribution >= 4 is 24.3 Å². The summed E-state index contributed by atoms with van der Waals surface area (Å²) in [7, 11) is 1.32. The minimum atomic E-state index is -0.433. The van der Waals surface area contributed by atoms with Crippen molar-refractivity contribution in [3.8, 4) is 0 Å². The lowest BCUT2D eigenvalue weighted by atomic mass is 10.1. The zero-order chi connectivity index (χ0) is 12.4. The molecule has 2 N–H and O–H groups in total. The van der Waals surface area contributed by atoms with Gasteiger partial charge in [-0.25, -0.2) is 4.79 Å². The van der Waals surface area contributed by atoms with Crippen LogP contribution in [0.5, 0.6) is 0 Å². The van der Waals surface area contributed by atoms with Crippen molar-refractivity contribution in [3.63, 3.8) is 0 Å². The largest absolute Gasteiger partial charge is 0.465 e. The molecule has 1 aromatic rings. The molecule has 0 spiro atoms. The highest BCUT2D eigenvalue weighted by atomic mass is 35.5. The van der Waals surface area contributed by atoms with Crippen molar-refractivity contribution in [2.24, 2.45) is 5.73 Å². The zero-order valence-corrected chi connectivity index (χ0v) is 10.8. The predicted molar refractivity (Wildman–Crippen MR) is 68.8 cm³/mol. The molecular weight excluding hydrogens is 256 g/mol. The summed E-state index contributed by atoms with van der Waals surface area (Å²) in [4.78, 5) is 25.0. The first-order valence-electron chi connectivity index (χ1n) is 5.38. The summed E-state index contributed by atoms with van der Waals surface area (Å²) in [5, 5.41) is 0. The summed E-state index contributed by atoms with van der Waals surface area (Å²) >= 11 is 0. The van der Waals surface area contributed by atoms with Crippen LogP contribution in [0.15, 0.2) is 18.2 Å². The Morgan fingerprint density at radius 3 is 2.83 bits per heavy atom. The van der Waals surface area contributed by atoms with Crippen molar-refractivity contribution in [1.29, 1.82) is 0 Å². The van der Waals surface area contributed by atoms with E-state index in [1.54, 1.807) is 23.1 Å². The molecule has 1 aliphatic rings. The minimum Gasteiger partial charge on any atom is -0.465 e.